The number of aryl methyl sites for hydroxylation is 1. The number of anilines is 2. The summed E-state index contributed by atoms with van der Waals surface area (Å²) in [6.45, 7) is 1.34. The molecule has 5 rings (SSSR count). The van der Waals surface area contributed by atoms with Gasteiger partial charge in [-0.3, -0.25) is 9.59 Å². The molecule has 1 atom stereocenters. The van der Waals surface area contributed by atoms with Crippen LogP contribution in [0.25, 0.3) is 10.8 Å². The molecule has 1 unspecified atom stereocenters. The molecule has 11 heteroatoms. The van der Waals surface area contributed by atoms with Crippen LogP contribution in [0.4, 0.5) is 11.4 Å². The molecule has 0 aliphatic carbocycles. The lowest BCUT2D eigenvalue weighted by Gasteiger charge is -2.33. The number of methoxy groups -OCH3 is 1. The van der Waals surface area contributed by atoms with Gasteiger partial charge in [-0.05, 0) is 37.5 Å². The number of imidazole rings is 1. The van der Waals surface area contributed by atoms with Crippen LogP contribution in [0.1, 0.15) is 36.0 Å². The molecule has 0 spiro atoms. The average molecular weight is 512 g/mol. The Morgan fingerprint density at radius 1 is 1.22 bits per heavy atom. The van der Waals surface area contributed by atoms with Gasteiger partial charge in [0.2, 0.25) is 5.91 Å². The van der Waals surface area contributed by atoms with Crippen molar-refractivity contribution in [3.63, 3.8) is 0 Å². The zero-order valence-corrected chi connectivity index (χ0v) is 21.1. The van der Waals surface area contributed by atoms with Gasteiger partial charge in [-0.15, -0.1) is 0 Å². The fourth-order valence-electron chi connectivity index (χ4n) is 5.06. The number of benzene rings is 2. The lowest BCUT2D eigenvalue weighted by atomic mass is 10.0. The molecule has 1 N–H and O–H groups in total. The van der Waals surface area contributed by atoms with Gasteiger partial charge >= 0.3 is 0 Å². The molecule has 3 aromatic rings. The van der Waals surface area contributed by atoms with Gasteiger partial charge in [0, 0.05) is 62.1 Å². The lowest BCUT2D eigenvalue weighted by Crippen LogP contribution is -2.49. The first-order chi connectivity index (χ1) is 17.3. The molecule has 2 aliphatic heterocycles. The zero-order valence-electron chi connectivity index (χ0n) is 20.3. The Balaban J connectivity index is 1.44. The molecule has 190 valence electrons. The Morgan fingerprint density at radius 3 is 2.81 bits per heavy atom. The number of ether oxygens (including phenoxy) is 1. The van der Waals surface area contributed by atoms with Crippen LogP contribution in [-0.2, 0) is 26.6 Å². The smallest absolute Gasteiger partial charge is 0.262 e. The Kier molecular flexibility index (Phi) is 6.54. The molecule has 0 saturated carbocycles. The topological polar surface area (TPSA) is 114 Å². The number of piperidine rings is 1. The van der Waals surface area contributed by atoms with E-state index in [9.17, 15) is 18.0 Å². The van der Waals surface area contributed by atoms with Gasteiger partial charge in [-0.25, -0.2) is 13.4 Å². The number of sulfonamides is 1. The van der Waals surface area contributed by atoms with Crippen LogP contribution in [0.3, 0.4) is 0 Å². The molecule has 1 fully saturated rings. The van der Waals surface area contributed by atoms with Gasteiger partial charge in [-0.2, -0.15) is 4.31 Å². The van der Waals surface area contributed by atoms with E-state index in [4.69, 9.17) is 4.74 Å². The molecule has 1 aromatic heterocycles. The predicted molar refractivity (Wildman–Crippen MR) is 135 cm³/mol. The normalized spacial score (nSPS) is 18.2. The van der Waals surface area contributed by atoms with E-state index in [0.29, 0.717) is 43.7 Å². The van der Waals surface area contributed by atoms with Gasteiger partial charge in [0.05, 0.1) is 12.0 Å². The van der Waals surface area contributed by atoms with E-state index in [2.05, 4.69) is 10.3 Å². The van der Waals surface area contributed by atoms with Gasteiger partial charge in [0.15, 0.2) is 5.03 Å². The van der Waals surface area contributed by atoms with Crippen molar-refractivity contribution < 1.29 is 22.7 Å². The summed E-state index contributed by atoms with van der Waals surface area (Å²) in [6, 6.07) is 8.22. The molecule has 3 heterocycles. The molecular weight excluding hydrogens is 482 g/mol. The molecule has 0 bridgehead atoms. The van der Waals surface area contributed by atoms with E-state index in [1.807, 2.05) is 12.1 Å². The number of nitrogens with zero attached hydrogens (tertiary/aromatic N) is 4. The third-order valence-electron chi connectivity index (χ3n) is 6.78. The van der Waals surface area contributed by atoms with Crippen molar-refractivity contribution >= 4 is 44.0 Å². The molecular formula is C25H29N5O5S. The maximum atomic E-state index is 13.5. The van der Waals surface area contributed by atoms with Gasteiger partial charge in [0.1, 0.15) is 6.04 Å². The quantitative estimate of drug-likeness (QED) is 0.465. The first-order valence-corrected chi connectivity index (χ1v) is 13.4. The summed E-state index contributed by atoms with van der Waals surface area (Å²) in [5.74, 6) is -0.466. The highest BCUT2D eigenvalue weighted by atomic mass is 32.2. The molecule has 1 saturated heterocycles. The minimum atomic E-state index is -3.92. The van der Waals surface area contributed by atoms with Crippen LogP contribution in [-0.4, -0.2) is 66.9 Å². The molecule has 36 heavy (non-hydrogen) atoms. The fraction of sp³-hybridized carbons (Fsp3) is 0.400. The summed E-state index contributed by atoms with van der Waals surface area (Å²) in [5.41, 5.74) is 1.94. The number of hydrogen-bond acceptors (Lipinski definition) is 6. The summed E-state index contributed by atoms with van der Waals surface area (Å²) in [7, 11) is -0.590. The highest BCUT2D eigenvalue weighted by Gasteiger charge is 2.39. The van der Waals surface area contributed by atoms with Crippen LogP contribution < -0.4 is 10.2 Å². The zero-order chi connectivity index (χ0) is 25.4. The van der Waals surface area contributed by atoms with Crippen molar-refractivity contribution in [1.82, 2.24) is 13.9 Å². The van der Waals surface area contributed by atoms with E-state index < -0.39 is 22.0 Å². The van der Waals surface area contributed by atoms with E-state index >= 15 is 0 Å². The number of rotatable bonds is 8. The van der Waals surface area contributed by atoms with Crippen LogP contribution in [0.5, 0.6) is 0 Å². The molecule has 2 aliphatic rings. The molecule has 2 amide bonds. The van der Waals surface area contributed by atoms with E-state index in [1.54, 1.807) is 41.8 Å². The Morgan fingerprint density at radius 2 is 2.06 bits per heavy atom. The lowest BCUT2D eigenvalue weighted by molar-refractivity contribution is -0.120. The average Bonchev–Trinajstić information content (AvgIpc) is 3.44. The van der Waals surface area contributed by atoms with Crippen LogP contribution in [0, 0.1) is 0 Å². The maximum Gasteiger partial charge on any atom is 0.262 e. The highest BCUT2D eigenvalue weighted by molar-refractivity contribution is 7.89. The van der Waals surface area contributed by atoms with E-state index in [-0.39, 0.29) is 17.5 Å². The van der Waals surface area contributed by atoms with Crippen LogP contribution in [0.2, 0.25) is 0 Å². The van der Waals surface area contributed by atoms with Gasteiger partial charge in [0.25, 0.3) is 15.9 Å². The van der Waals surface area contributed by atoms with Crippen molar-refractivity contribution in [3.8, 4) is 0 Å². The monoisotopic (exact) mass is 511 g/mol. The summed E-state index contributed by atoms with van der Waals surface area (Å²) < 4.78 is 34.5. The van der Waals surface area contributed by atoms with Crippen molar-refractivity contribution in [2.24, 2.45) is 7.05 Å². The first-order valence-electron chi connectivity index (χ1n) is 12.0. The number of aromatic nitrogens is 2. The number of nitrogens with one attached hydrogen (secondary N) is 1. The highest BCUT2D eigenvalue weighted by Crippen LogP contribution is 2.41. The fourth-order valence-corrected chi connectivity index (χ4v) is 6.68. The third-order valence-corrected chi connectivity index (χ3v) is 8.58. The second kappa shape index (κ2) is 9.64. The van der Waals surface area contributed by atoms with E-state index in [0.717, 1.165) is 22.9 Å². The van der Waals surface area contributed by atoms with E-state index in [1.165, 1.54) is 16.8 Å². The SMILES string of the molecule is COCCCN1C(=O)c2cccc3c(NC(=O)C4CCCCN4S(=O)(=O)c4cn(C)cn4)ccc1c23. The van der Waals surface area contributed by atoms with Crippen molar-refractivity contribution in [2.75, 3.05) is 37.0 Å². The number of carbonyl (C=O) groups excluding carboxylic acids is 2. The van der Waals surface area contributed by atoms with Crippen molar-refractivity contribution in [1.29, 1.82) is 0 Å². The number of hydrogen-bond donors (Lipinski definition) is 1. The minimum absolute atomic E-state index is 0.0675. The van der Waals surface area contributed by atoms with Gasteiger partial charge < -0.3 is 19.5 Å². The van der Waals surface area contributed by atoms with Crippen LogP contribution >= 0.6 is 0 Å². The Bertz CT molecular complexity index is 1430. The second-order valence-electron chi connectivity index (χ2n) is 9.16. The Hall–Kier alpha value is -3.28. The standard InChI is InChI=1S/C25H29N5O5S/c1-28-15-22(26-16-28)36(33,34)30-13-4-3-9-21(30)24(31)27-19-10-11-20-23-17(19)7-5-8-18(23)25(32)29(20)12-6-14-35-2/h5,7-8,10-11,15-16,21H,3-4,6,9,12-14H2,1-2H3,(H,27,31). The Labute approximate surface area is 209 Å². The molecule has 10 nitrogen and oxygen atoms in total. The molecule has 2 aromatic carbocycles. The van der Waals surface area contributed by atoms with Crippen LogP contribution in [0.15, 0.2) is 47.9 Å². The summed E-state index contributed by atoms with van der Waals surface area (Å²) in [5, 5.41) is 4.43. The minimum Gasteiger partial charge on any atom is -0.385 e. The third kappa shape index (κ3) is 4.16. The summed E-state index contributed by atoms with van der Waals surface area (Å²) in [4.78, 5) is 32.3. The van der Waals surface area contributed by atoms with Crippen molar-refractivity contribution in [3.05, 3.63) is 48.4 Å². The second-order valence-corrected chi connectivity index (χ2v) is 11.0. The number of carbonyl (C=O) groups is 2. The maximum absolute atomic E-state index is 13.5. The van der Waals surface area contributed by atoms with Crippen molar-refractivity contribution in [2.45, 2.75) is 36.8 Å². The first kappa shape index (κ1) is 24.4. The molecule has 0 radical (unpaired) electrons. The largest absolute Gasteiger partial charge is 0.385 e. The predicted octanol–water partition coefficient (Wildman–Crippen LogP) is 2.75. The number of amides is 2. The van der Waals surface area contributed by atoms with Gasteiger partial charge in [-0.1, -0.05) is 18.6 Å². The summed E-state index contributed by atoms with van der Waals surface area (Å²) >= 11 is 0. The summed E-state index contributed by atoms with van der Waals surface area (Å²) in [6.07, 6.45) is 5.43.